The second-order valence-corrected chi connectivity index (χ2v) is 2.97. The molecular formula is C12H11BI. The maximum absolute atomic E-state index is 2.17. The van der Waals surface area contributed by atoms with Crippen LogP contribution >= 0.6 is 24.0 Å². The van der Waals surface area contributed by atoms with Crippen molar-refractivity contribution < 1.29 is 0 Å². The molecule has 14 heavy (non-hydrogen) atoms. The van der Waals surface area contributed by atoms with Crippen molar-refractivity contribution >= 4 is 42.2 Å². The molecule has 2 aromatic carbocycles. The molecule has 0 amide bonds. The van der Waals surface area contributed by atoms with E-state index in [0.717, 1.165) is 0 Å². The van der Waals surface area contributed by atoms with Gasteiger partial charge in [-0.25, -0.2) is 0 Å². The average Bonchev–Trinajstić information content (AvgIpc) is 2.21. The van der Waals surface area contributed by atoms with Crippen molar-refractivity contribution in [3.63, 3.8) is 0 Å². The van der Waals surface area contributed by atoms with E-state index in [-0.39, 0.29) is 24.0 Å². The molecule has 0 nitrogen and oxygen atoms in total. The van der Waals surface area contributed by atoms with E-state index in [0.29, 0.717) is 0 Å². The van der Waals surface area contributed by atoms with Gasteiger partial charge in [-0.1, -0.05) is 71.6 Å². The second-order valence-electron chi connectivity index (χ2n) is 2.97. The Labute approximate surface area is 103 Å². The molecule has 0 bridgehead atoms. The van der Waals surface area contributed by atoms with Gasteiger partial charge in [0.15, 0.2) is 7.28 Å². The summed E-state index contributed by atoms with van der Waals surface area (Å²) in [4.78, 5) is 0. The van der Waals surface area contributed by atoms with Gasteiger partial charge in [-0.15, -0.1) is 24.0 Å². The summed E-state index contributed by atoms with van der Waals surface area (Å²) in [5.41, 5.74) is 2.49. The van der Waals surface area contributed by atoms with Gasteiger partial charge in [0.1, 0.15) is 0 Å². The zero-order chi connectivity index (χ0) is 8.93. The predicted molar refractivity (Wildman–Crippen MR) is 73.3 cm³/mol. The summed E-state index contributed by atoms with van der Waals surface area (Å²) < 4.78 is 0. The first-order valence-electron chi connectivity index (χ1n) is 4.40. The van der Waals surface area contributed by atoms with Crippen LogP contribution in [0.5, 0.6) is 0 Å². The summed E-state index contributed by atoms with van der Waals surface area (Å²) in [6.07, 6.45) is 0. The van der Waals surface area contributed by atoms with Crippen LogP contribution in [0.3, 0.4) is 0 Å². The Morgan fingerprint density at radius 3 is 1.29 bits per heavy atom. The molecule has 2 heteroatoms. The molecule has 0 N–H and O–H groups in total. The van der Waals surface area contributed by atoms with Gasteiger partial charge in [0, 0.05) is 0 Å². The number of halogens is 1. The highest BCUT2D eigenvalue weighted by atomic mass is 127. The fourth-order valence-corrected chi connectivity index (χ4v) is 1.29. The lowest BCUT2D eigenvalue weighted by Crippen LogP contribution is -2.26. The van der Waals surface area contributed by atoms with Crippen LogP contribution in [0.1, 0.15) is 0 Å². The third-order valence-corrected chi connectivity index (χ3v) is 1.93. The minimum Gasteiger partial charge on any atom is -0.107 e. The number of hydrogen-bond acceptors (Lipinski definition) is 0. The molecule has 0 heterocycles. The third kappa shape index (κ3) is 3.18. The van der Waals surface area contributed by atoms with E-state index in [1.165, 1.54) is 10.9 Å². The van der Waals surface area contributed by atoms with Crippen LogP contribution in [0.15, 0.2) is 60.7 Å². The first kappa shape index (κ1) is 11.3. The van der Waals surface area contributed by atoms with Crippen molar-refractivity contribution in [3.05, 3.63) is 60.7 Å². The number of benzene rings is 2. The van der Waals surface area contributed by atoms with Crippen molar-refractivity contribution in [1.82, 2.24) is 0 Å². The molecule has 0 saturated carbocycles. The Bertz CT molecular complexity index is 321. The molecule has 0 saturated heterocycles. The quantitative estimate of drug-likeness (QED) is 0.586. The molecule has 2 aromatic rings. The maximum Gasteiger partial charge on any atom is 0.191 e. The lowest BCUT2D eigenvalue weighted by molar-refractivity contribution is 1.75. The summed E-state index contributed by atoms with van der Waals surface area (Å²) >= 11 is 0. The zero-order valence-electron chi connectivity index (χ0n) is 7.76. The fraction of sp³-hybridized carbons (Fsp3) is 0. The molecule has 0 aliphatic heterocycles. The summed E-state index contributed by atoms with van der Waals surface area (Å²) in [7, 11) is 2.17. The highest BCUT2D eigenvalue weighted by Gasteiger charge is 1.95. The maximum atomic E-state index is 2.17. The lowest BCUT2D eigenvalue weighted by Gasteiger charge is -1.98. The van der Waals surface area contributed by atoms with Gasteiger partial charge in [-0.2, -0.15) is 0 Å². The van der Waals surface area contributed by atoms with Gasteiger partial charge < -0.3 is 0 Å². The van der Waals surface area contributed by atoms with Gasteiger partial charge in [0.25, 0.3) is 0 Å². The largest absolute Gasteiger partial charge is 0.191 e. The van der Waals surface area contributed by atoms with Gasteiger partial charge in [-0.3, -0.25) is 0 Å². The highest BCUT2D eigenvalue weighted by Crippen LogP contribution is 1.84. The average molecular weight is 293 g/mol. The van der Waals surface area contributed by atoms with Crippen LogP contribution < -0.4 is 10.9 Å². The van der Waals surface area contributed by atoms with Crippen LogP contribution in [-0.4, -0.2) is 7.28 Å². The smallest absolute Gasteiger partial charge is 0.107 e. The Hall–Kier alpha value is -0.765. The van der Waals surface area contributed by atoms with Crippen LogP contribution in [0.4, 0.5) is 0 Å². The van der Waals surface area contributed by atoms with Crippen molar-refractivity contribution in [3.8, 4) is 0 Å². The number of hydrogen-bond donors (Lipinski definition) is 0. The van der Waals surface area contributed by atoms with Gasteiger partial charge in [-0.05, 0) is 0 Å². The summed E-state index contributed by atoms with van der Waals surface area (Å²) in [5.74, 6) is 0. The predicted octanol–water partition coefficient (Wildman–Crippen LogP) is 1.96. The van der Waals surface area contributed by atoms with Crippen molar-refractivity contribution in [2.45, 2.75) is 0 Å². The van der Waals surface area contributed by atoms with Crippen LogP contribution in [0, 0.1) is 0 Å². The molecule has 0 atom stereocenters. The topological polar surface area (TPSA) is 0 Å². The Morgan fingerprint density at radius 2 is 0.929 bits per heavy atom. The summed E-state index contributed by atoms with van der Waals surface area (Å²) in [6, 6.07) is 20.7. The molecule has 0 unspecified atom stereocenters. The third-order valence-electron chi connectivity index (χ3n) is 1.93. The standard InChI is InChI=1S/C12H10B.HI/c1-3-7-11(8-4-1)13-12-9-5-2-6-10-12;/h1-10H;1H. The molecule has 0 aliphatic carbocycles. The van der Waals surface area contributed by atoms with Crippen molar-refractivity contribution in [1.29, 1.82) is 0 Å². The highest BCUT2D eigenvalue weighted by molar-refractivity contribution is 14.0. The molecule has 0 spiro atoms. The molecule has 0 aliphatic rings. The number of rotatable bonds is 2. The van der Waals surface area contributed by atoms with E-state index >= 15 is 0 Å². The normalized spacial score (nSPS) is 8.86. The Balaban J connectivity index is 0.000000980. The minimum atomic E-state index is 0. The molecule has 0 aromatic heterocycles. The van der Waals surface area contributed by atoms with Crippen molar-refractivity contribution in [2.24, 2.45) is 0 Å². The van der Waals surface area contributed by atoms with E-state index in [2.05, 4.69) is 55.8 Å². The lowest BCUT2D eigenvalue weighted by atomic mass is 9.64. The van der Waals surface area contributed by atoms with Crippen LogP contribution in [0.2, 0.25) is 0 Å². The van der Waals surface area contributed by atoms with E-state index in [1.54, 1.807) is 0 Å². The van der Waals surface area contributed by atoms with E-state index in [4.69, 9.17) is 0 Å². The Kier molecular flexibility index (Phi) is 4.73. The van der Waals surface area contributed by atoms with E-state index in [9.17, 15) is 0 Å². The molecule has 1 radical (unpaired) electrons. The molecular weight excluding hydrogens is 282 g/mol. The minimum absolute atomic E-state index is 0. The monoisotopic (exact) mass is 293 g/mol. The van der Waals surface area contributed by atoms with Gasteiger partial charge in [0.2, 0.25) is 0 Å². The summed E-state index contributed by atoms with van der Waals surface area (Å²) in [5, 5.41) is 0. The van der Waals surface area contributed by atoms with Crippen LogP contribution in [0.25, 0.3) is 0 Å². The fourth-order valence-electron chi connectivity index (χ4n) is 1.29. The second kappa shape index (κ2) is 5.86. The summed E-state index contributed by atoms with van der Waals surface area (Å²) in [6.45, 7) is 0. The SMILES string of the molecule is I.[B](c1ccccc1)c1ccccc1. The van der Waals surface area contributed by atoms with Gasteiger partial charge in [0.05, 0.1) is 0 Å². The van der Waals surface area contributed by atoms with E-state index < -0.39 is 0 Å². The molecule has 0 fully saturated rings. The first-order valence-corrected chi connectivity index (χ1v) is 4.40. The van der Waals surface area contributed by atoms with Crippen molar-refractivity contribution in [2.75, 3.05) is 0 Å². The zero-order valence-corrected chi connectivity index (χ0v) is 10.1. The van der Waals surface area contributed by atoms with Crippen LogP contribution in [-0.2, 0) is 0 Å². The van der Waals surface area contributed by atoms with Gasteiger partial charge >= 0.3 is 0 Å². The first-order chi connectivity index (χ1) is 6.45. The molecule has 69 valence electrons. The van der Waals surface area contributed by atoms with E-state index in [1.807, 2.05) is 12.1 Å². The Morgan fingerprint density at radius 1 is 0.571 bits per heavy atom. The molecule has 2 rings (SSSR count).